The van der Waals surface area contributed by atoms with Crippen LogP contribution in [0.3, 0.4) is 0 Å². The van der Waals surface area contributed by atoms with Gasteiger partial charge in [-0.3, -0.25) is 4.79 Å². The molecule has 7 heteroatoms. The molecule has 0 saturated heterocycles. The van der Waals surface area contributed by atoms with Gasteiger partial charge in [-0.2, -0.15) is 4.98 Å². The van der Waals surface area contributed by atoms with E-state index in [1.165, 1.54) is 0 Å². The number of hydrogen-bond donors (Lipinski definition) is 1. The molecule has 24 heavy (non-hydrogen) atoms. The number of aryl methyl sites for hydroxylation is 3. The lowest BCUT2D eigenvalue weighted by Gasteiger charge is -2.11. The topological polar surface area (TPSA) is 72.2 Å². The molecule has 0 fully saturated rings. The van der Waals surface area contributed by atoms with Gasteiger partial charge in [-0.15, -0.1) is 5.10 Å². The highest BCUT2D eigenvalue weighted by Crippen LogP contribution is 2.17. The number of aromatic nitrogens is 4. The van der Waals surface area contributed by atoms with Gasteiger partial charge in [-0.25, -0.2) is 9.50 Å². The first-order valence-corrected chi connectivity index (χ1v) is 8.54. The van der Waals surface area contributed by atoms with Crippen molar-refractivity contribution in [3.8, 4) is 0 Å². The SMILES string of the molecule is CCc1nc2nc(C)c(CC(=O)Nc3ccc(Br)cc3)c(C)n2n1. The molecular formula is C17H18BrN5O. The van der Waals surface area contributed by atoms with Crippen molar-refractivity contribution in [3.63, 3.8) is 0 Å². The Morgan fingerprint density at radius 1 is 1.21 bits per heavy atom. The van der Waals surface area contributed by atoms with E-state index >= 15 is 0 Å². The van der Waals surface area contributed by atoms with E-state index in [1.54, 1.807) is 4.52 Å². The molecule has 2 heterocycles. The summed E-state index contributed by atoms with van der Waals surface area (Å²) in [7, 11) is 0. The molecule has 1 aromatic carbocycles. The highest BCUT2D eigenvalue weighted by atomic mass is 79.9. The summed E-state index contributed by atoms with van der Waals surface area (Å²) in [5, 5.41) is 7.34. The third-order valence-corrected chi connectivity index (χ3v) is 4.40. The minimum atomic E-state index is -0.0829. The van der Waals surface area contributed by atoms with Crippen molar-refractivity contribution in [1.82, 2.24) is 19.6 Å². The number of halogens is 1. The molecule has 0 aliphatic heterocycles. The van der Waals surface area contributed by atoms with Crippen molar-refractivity contribution >= 4 is 33.3 Å². The molecule has 3 rings (SSSR count). The van der Waals surface area contributed by atoms with Gasteiger partial charge in [0.2, 0.25) is 5.91 Å². The van der Waals surface area contributed by atoms with E-state index in [4.69, 9.17) is 0 Å². The number of rotatable bonds is 4. The van der Waals surface area contributed by atoms with Crippen LogP contribution in [0, 0.1) is 13.8 Å². The molecule has 0 saturated carbocycles. The monoisotopic (exact) mass is 387 g/mol. The Bertz CT molecular complexity index is 901. The van der Waals surface area contributed by atoms with Crippen LogP contribution in [0.25, 0.3) is 5.78 Å². The summed E-state index contributed by atoms with van der Waals surface area (Å²) in [4.78, 5) is 21.2. The van der Waals surface area contributed by atoms with Gasteiger partial charge in [0, 0.05) is 33.5 Å². The lowest BCUT2D eigenvalue weighted by molar-refractivity contribution is -0.115. The molecule has 1 amide bonds. The van der Waals surface area contributed by atoms with Gasteiger partial charge >= 0.3 is 0 Å². The molecule has 1 N–H and O–H groups in total. The number of fused-ring (bicyclic) bond motifs is 1. The molecule has 0 aliphatic rings. The fourth-order valence-electron chi connectivity index (χ4n) is 2.55. The van der Waals surface area contributed by atoms with Crippen LogP contribution in [0.15, 0.2) is 28.7 Å². The molecule has 0 radical (unpaired) electrons. The quantitative estimate of drug-likeness (QED) is 0.745. The van der Waals surface area contributed by atoms with E-state index in [1.807, 2.05) is 45.0 Å². The lowest BCUT2D eigenvalue weighted by atomic mass is 10.1. The molecule has 0 atom stereocenters. The second-order valence-corrected chi connectivity index (χ2v) is 6.50. The fourth-order valence-corrected chi connectivity index (χ4v) is 2.82. The molecule has 0 unspecified atom stereocenters. The molecule has 0 aliphatic carbocycles. The highest BCUT2D eigenvalue weighted by Gasteiger charge is 2.15. The molecule has 0 bridgehead atoms. The Morgan fingerprint density at radius 3 is 2.58 bits per heavy atom. The first-order chi connectivity index (χ1) is 11.5. The van der Waals surface area contributed by atoms with Crippen LogP contribution in [0.5, 0.6) is 0 Å². The number of nitrogens with one attached hydrogen (secondary N) is 1. The van der Waals surface area contributed by atoms with Crippen molar-refractivity contribution in [3.05, 3.63) is 51.5 Å². The van der Waals surface area contributed by atoms with Gasteiger partial charge in [0.05, 0.1) is 6.42 Å². The summed E-state index contributed by atoms with van der Waals surface area (Å²) in [5.74, 6) is 1.25. The van der Waals surface area contributed by atoms with Crippen molar-refractivity contribution in [1.29, 1.82) is 0 Å². The van der Waals surface area contributed by atoms with Crippen LogP contribution >= 0.6 is 15.9 Å². The van der Waals surface area contributed by atoms with Gasteiger partial charge in [-0.05, 0) is 38.1 Å². The zero-order valence-corrected chi connectivity index (χ0v) is 15.4. The van der Waals surface area contributed by atoms with Crippen LogP contribution in [-0.2, 0) is 17.6 Å². The standard InChI is InChI=1S/C17H18BrN5O/c1-4-15-21-17-19-10(2)14(11(3)23(17)22-15)9-16(24)20-13-7-5-12(18)6-8-13/h5-8H,4,9H2,1-3H3,(H,20,24). The van der Waals surface area contributed by atoms with Crippen molar-refractivity contribution in [2.45, 2.75) is 33.6 Å². The van der Waals surface area contributed by atoms with Crippen LogP contribution in [0.4, 0.5) is 5.69 Å². The minimum Gasteiger partial charge on any atom is -0.326 e. The number of carbonyl (C=O) groups excluding carboxylic acids is 1. The fraction of sp³-hybridized carbons (Fsp3) is 0.294. The van der Waals surface area contributed by atoms with Gasteiger partial charge < -0.3 is 5.32 Å². The maximum absolute atomic E-state index is 12.4. The smallest absolute Gasteiger partial charge is 0.252 e. The van der Waals surface area contributed by atoms with Crippen molar-refractivity contribution in [2.24, 2.45) is 0 Å². The first kappa shape index (κ1) is 16.6. The number of nitrogens with zero attached hydrogens (tertiary/aromatic N) is 4. The van der Waals surface area contributed by atoms with Crippen LogP contribution < -0.4 is 5.32 Å². The zero-order valence-electron chi connectivity index (χ0n) is 13.8. The third kappa shape index (κ3) is 3.31. The number of hydrogen-bond acceptors (Lipinski definition) is 4. The molecular weight excluding hydrogens is 370 g/mol. The Hall–Kier alpha value is -2.28. The van der Waals surface area contributed by atoms with E-state index in [-0.39, 0.29) is 12.3 Å². The normalized spacial score (nSPS) is 11.0. The van der Waals surface area contributed by atoms with E-state index < -0.39 is 0 Å². The van der Waals surface area contributed by atoms with Gasteiger partial charge in [0.15, 0.2) is 5.82 Å². The van der Waals surface area contributed by atoms with Crippen LogP contribution in [0.2, 0.25) is 0 Å². The maximum atomic E-state index is 12.4. The molecule has 2 aromatic heterocycles. The van der Waals surface area contributed by atoms with Gasteiger partial charge in [-0.1, -0.05) is 22.9 Å². The number of amides is 1. The predicted octanol–water partition coefficient (Wildman–Crippen LogP) is 3.25. The summed E-state index contributed by atoms with van der Waals surface area (Å²) in [6, 6.07) is 7.49. The third-order valence-electron chi connectivity index (χ3n) is 3.87. The van der Waals surface area contributed by atoms with E-state index in [9.17, 15) is 4.79 Å². The Labute approximate surface area is 148 Å². The average molecular weight is 388 g/mol. The average Bonchev–Trinajstić information content (AvgIpc) is 2.97. The second kappa shape index (κ2) is 6.68. The summed E-state index contributed by atoms with van der Waals surface area (Å²) in [5.41, 5.74) is 3.35. The molecule has 124 valence electrons. The first-order valence-electron chi connectivity index (χ1n) is 7.75. The highest BCUT2D eigenvalue weighted by molar-refractivity contribution is 9.10. The molecule has 0 spiro atoms. The number of carbonyl (C=O) groups is 1. The Morgan fingerprint density at radius 2 is 1.92 bits per heavy atom. The van der Waals surface area contributed by atoms with E-state index in [2.05, 4.69) is 36.3 Å². The van der Waals surface area contributed by atoms with Crippen molar-refractivity contribution in [2.75, 3.05) is 5.32 Å². The van der Waals surface area contributed by atoms with Crippen LogP contribution in [-0.4, -0.2) is 25.5 Å². The summed E-state index contributed by atoms with van der Waals surface area (Å²) >= 11 is 3.38. The largest absolute Gasteiger partial charge is 0.326 e. The lowest BCUT2D eigenvalue weighted by Crippen LogP contribution is -2.17. The predicted molar refractivity (Wildman–Crippen MR) is 96.1 cm³/mol. The van der Waals surface area contributed by atoms with E-state index in [0.29, 0.717) is 5.78 Å². The number of benzene rings is 1. The minimum absolute atomic E-state index is 0.0829. The summed E-state index contributed by atoms with van der Waals surface area (Å²) < 4.78 is 2.69. The Balaban J connectivity index is 1.86. The van der Waals surface area contributed by atoms with Gasteiger partial charge in [0.25, 0.3) is 5.78 Å². The molecule has 3 aromatic rings. The second-order valence-electron chi connectivity index (χ2n) is 5.59. The Kier molecular flexibility index (Phi) is 4.62. The summed E-state index contributed by atoms with van der Waals surface area (Å²) in [6.07, 6.45) is 0.999. The summed E-state index contributed by atoms with van der Waals surface area (Å²) in [6.45, 7) is 5.84. The molecule has 6 nitrogen and oxygen atoms in total. The van der Waals surface area contributed by atoms with E-state index in [0.717, 1.165) is 39.4 Å². The van der Waals surface area contributed by atoms with Gasteiger partial charge in [0.1, 0.15) is 0 Å². The van der Waals surface area contributed by atoms with Crippen molar-refractivity contribution < 1.29 is 4.79 Å². The van der Waals surface area contributed by atoms with Crippen LogP contribution in [0.1, 0.15) is 29.7 Å². The number of anilines is 1. The maximum Gasteiger partial charge on any atom is 0.252 e. The zero-order chi connectivity index (χ0) is 17.3.